The highest BCUT2D eigenvalue weighted by molar-refractivity contribution is 5.90. The highest BCUT2D eigenvalue weighted by Crippen LogP contribution is 2.13. The van der Waals surface area contributed by atoms with Crippen LogP contribution >= 0.6 is 0 Å². The molecule has 0 aliphatic heterocycles. The number of carbonyl (C=O) groups excluding carboxylic acids is 4. The maximum atomic E-state index is 12.5. The van der Waals surface area contributed by atoms with Gasteiger partial charge in [0.25, 0.3) is 0 Å². The highest BCUT2D eigenvalue weighted by Gasteiger charge is 2.25. The van der Waals surface area contributed by atoms with Gasteiger partial charge in [-0.3, -0.25) is 19.2 Å². The second-order valence-electron chi connectivity index (χ2n) is 12.0. The van der Waals surface area contributed by atoms with Gasteiger partial charge < -0.3 is 21.3 Å². The van der Waals surface area contributed by atoms with Crippen LogP contribution in [0.15, 0.2) is 0 Å². The Hall–Kier alpha value is -1.80. The second kappa shape index (κ2) is 18.5. The topological polar surface area (TPSA) is 116 Å². The molecule has 216 valence electrons. The van der Waals surface area contributed by atoms with E-state index in [1.54, 1.807) is 0 Å². The first kappa shape index (κ1) is 35.2. The van der Waals surface area contributed by atoms with Gasteiger partial charge in [-0.2, -0.15) is 0 Å². The van der Waals surface area contributed by atoms with E-state index in [2.05, 4.69) is 35.1 Å². The molecule has 0 rings (SSSR count). The molecule has 8 nitrogen and oxygen atoms in total. The average Bonchev–Trinajstić information content (AvgIpc) is 2.80. The summed E-state index contributed by atoms with van der Waals surface area (Å²) in [5.74, 6) is 0.495. The Morgan fingerprint density at radius 2 is 0.946 bits per heavy atom. The lowest BCUT2D eigenvalue weighted by atomic mass is 9.96. The number of ketones is 2. The zero-order chi connectivity index (χ0) is 28.7. The molecule has 0 aromatic heterocycles. The Morgan fingerprint density at radius 3 is 1.38 bits per heavy atom. The summed E-state index contributed by atoms with van der Waals surface area (Å²) in [6, 6.07) is -0.441. The molecule has 0 radical (unpaired) electrons. The summed E-state index contributed by atoms with van der Waals surface area (Å²) in [5.41, 5.74) is 0. The van der Waals surface area contributed by atoms with Gasteiger partial charge in [0.05, 0.1) is 12.1 Å². The zero-order valence-electron chi connectivity index (χ0n) is 25.2. The van der Waals surface area contributed by atoms with E-state index in [4.69, 9.17) is 0 Å². The molecule has 0 aliphatic rings. The largest absolute Gasteiger partial charge is 0.356 e. The zero-order valence-corrected chi connectivity index (χ0v) is 25.2. The monoisotopic (exact) mass is 524 g/mol. The predicted octanol–water partition coefficient (Wildman–Crippen LogP) is 3.62. The Kier molecular flexibility index (Phi) is 17.6. The number of hydrogen-bond acceptors (Lipinski definition) is 6. The Morgan fingerprint density at radius 1 is 0.541 bits per heavy atom. The van der Waals surface area contributed by atoms with Crippen molar-refractivity contribution in [3.05, 3.63) is 0 Å². The summed E-state index contributed by atoms with van der Waals surface area (Å²) in [6.07, 6.45) is 2.84. The molecule has 0 aromatic rings. The van der Waals surface area contributed by atoms with E-state index in [0.29, 0.717) is 37.8 Å². The van der Waals surface area contributed by atoms with Gasteiger partial charge in [0.15, 0.2) is 11.6 Å². The number of carbonyl (C=O) groups is 4. The number of amides is 2. The lowest BCUT2D eigenvalue weighted by molar-refractivity contribution is -0.129. The van der Waals surface area contributed by atoms with Crippen molar-refractivity contribution in [2.45, 2.75) is 126 Å². The summed E-state index contributed by atoms with van der Waals surface area (Å²) in [4.78, 5) is 49.7. The standard InChI is InChI=1S/C29H56N4O4/c1-18(2)28(36)24(32-20(5)6)13-14-26(34)30-16-22(9)11-12-23(10)17-31-27(35)15-25(33-21(7)8)29(37)19(3)4/h18-25,32-33H,11-17H2,1-10H3,(H,30,34)(H,31,35)/t22?,23?,24-,25-/m0/s1. The maximum absolute atomic E-state index is 12.5. The van der Waals surface area contributed by atoms with Crippen molar-refractivity contribution in [3.63, 3.8) is 0 Å². The van der Waals surface area contributed by atoms with Crippen LogP contribution in [-0.4, -0.2) is 60.6 Å². The molecule has 8 heteroatoms. The smallest absolute Gasteiger partial charge is 0.222 e. The minimum atomic E-state index is -0.459. The fourth-order valence-electron chi connectivity index (χ4n) is 4.13. The Bertz CT molecular complexity index is 706. The van der Waals surface area contributed by atoms with E-state index in [1.807, 2.05) is 55.4 Å². The van der Waals surface area contributed by atoms with Gasteiger partial charge in [0.2, 0.25) is 11.8 Å². The molecule has 0 fully saturated rings. The molecule has 2 unspecified atom stereocenters. The van der Waals surface area contributed by atoms with Crippen molar-refractivity contribution in [2.75, 3.05) is 13.1 Å². The molecule has 0 aliphatic carbocycles. The summed E-state index contributed by atoms with van der Waals surface area (Å²) in [6.45, 7) is 20.8. The van der Waals surface area contributed by atoms with Gasteiger partial charge in [0, 0.05) is 49.9 Å². The van der Waals surface area contributed by atoms with Crippen molar-refractivity contribution in [1.29, 1.82) is 0 Å². The minimum absolute atomic E-state index is 0.0280. The van der Waals surface area contributed by atoms with E-state index in [9.17, 15) is 19.2 Å². The van der Waals surface area contributed by atoms with Crippen molar-refractivity contribution < 1.29 is 19.2 Å². The molecule has 0 spiro atoms. The van der Waals surface area contributed by atoms with Crippen molar-refractivity contribution in [3.8, 4) is 0 Å². The molecule has 2 amide bonds. The van der Waals surface area contributed by atoms with Gasteiger partial charge in [-0.05, 0) is 31.1 Å². The molecule has 37 heavy (non-hydrogen) atoms. The fourth-order valence-corrected chi connectivity index (χ4v) is 4.13. The molecular formula is C29H56N4O4. The third-order valence-corrected chi connectivity index (χ3v) is 6.39. The van der Waals surface area contributed by atoms with Crippen LogP contribution < -0.4 is 21.3 Å². The van der Waals surface area contributed by atoms with Gasteiger partial charge in [-0.15, -0.1) is 0 Å². The highest BCUT2D eigenvalue weighted by atomic mass is 16.2. The van der Waals surface area contributed by atoms with Gasteiger partial charge in [-0.25, -0.2) is 0 Å². The van der Waals surface area contributed by atoms with E-state index in [0.717, 1.165) is 12.8 Å². The summed E-state index contributed by atoms with van der Waals surface area (Å²) in [7, 11) is 0. The van der Waals surface area contributed by atoms with Crippen LogP contribution in [0.2, 0.25) is 0 Å². The number of nitrogens with one attached hydrogen (secondary N) is 4. The predicted molar refractivity (Wildman–Crippen MR) is 151 cm³/mol. The normalized spacial score (nSPS) is 15.1. The molecule has 0 bridgehead atoms. The Labute approximate surface area is 226 Å². The maximum Gasteiger partial charge on any atom is 0.222 e. The van der Waals surface area contributed by atoms with Gasteiger partial charge in [-0.1, -0.05) is 69.2 Å². The van der Waals surface area contributed by atoms with Gasteiger partial charge >= 0.3 is 0 Å². The molecular weight excluding hydrogens is 468 g/mol. The van der Waals surface area contributed by atoms with Crippen LogP contribution in [0.25, 0.3) is 0 Å². The SMILES string of the molecule is CC(CCC(C)CNC(=O)C[C@H](NC(C)C)C(=O)C(C)C)CNC(=O)CC[C@H](NC(C)C)C(=O)C(C)C. The lowest BCUT2D eigenvalue weighted by Gasteiger charge is -2.22. The minimum Gasteiger partial charge on any atom is -0.356 e. The molecule has 0 heterocycles. The van der Waals surface area contributed by atoms with Crippen LogP contribution in [0.1, 0.15) is 101 Å². The van der Waals surface area contributed by atoms with E-state index in [-0.39, 0.29) is 59.8 Å². The molecule has 0 saturated heterocycles. The van der Waals surface area contributed by atoms with Crippen molar-refractivity contribution >= 4 is 23.4 Å². The van der Waals surface area contributed by atoms with Crippen molar-refractivity contribution in [1.82, 2.24) is 21.3 Å². The fraction of sp³-hybridized carbons (Fsp3) is 0.862. The molecule has 4 atom stereocenters. The van der Waals surface area contributed by atoms with E-state index < -0.39 is 6.04 Å². The first-order chi connectivity index (χ1) is 17.1. The second-order valence-corrected chi connectivity index (χ2v) is 12.0. The van der Waals surface area contributed by atoms with Crippen LogP contribution in [0, 0.1) is 23.7 Å². The van der Waals surface area contributed by atoms with Crippen LogP contribution in [0.3, 0.4) is 0 Å². The summed E-state index contributed by atoms with van der Waals surface area (Å²) in [5, 5.41) is 12.5. The quantitative estimate of drug-likeness (QED) is 0.193. The van der Waals surface area contributed by atoms with Crippen LogP contribution in [0.5, 0.6) is 0 Å². The van der Waals surface area contributed by atoms with E-state index >= 15 is 0 Å². The average molecular weight is 525 g/mol. The van der Waals surface area contributed by atoms with Crippen LogP contribution in [0.4, 0.5) is 0 Å². The molecule has 0 saturated carbocycles. The third kappa shape index (κ3) is 16.6. The van der Waals surface area contributed by atoms with Crippen molar-refractivity contribution in [2.24, 2.45) is 23.7 Å². The Balaban J connectivity index is 4.37. The van der Waals surface area contributed by atoms with E-state index in [1.165, 1.54) is 0 Å². The summed E-state index contributed by atoms with van der Waals surface area (Å²) >= 11 is 0. The molecule has 0 aromatic carbocycles. The summed E-state index contributed by atoms with van der Waals surface area (Å²) < 4.78 is 0. The van der Waals surface area contributed by atoms with Crippen LogP contribution in [-0.2, 0) is 19.2 Å². The first-order valence-electron chi connectivity index (χ1n) is 14.3. The third-order valence-electron chi connectivity index (χ3n) is 6.39. The first-order valence-corrected chi connectivity index (χ1v) is 14.3. The number of rotatable bonds is 20. The lowest BCUT2D eigenvalue weighted by Crippen LogP contribution is -2.46. The number of Topliss-reactive ketones (excluding diaryl/α,β-unsaturated/α-hetero) is 2. The number of hydrogen-bond donors (Lipinski definition) is 4. The van der Waals surface area contributed by atoms with Gasteiger partial charge in [0.1, 0.15) is 0 Å². The molecule has 4 N–H and O–H groups in total.